The SMILES string of the molecule is COc1c(N)cc(S(=O)(=O)N2CCCC2)cc1F. The Hall–Kier alpha value is -1.34. The van der Waals surface area contributed by atoms with Crippen LogP contribution in [0.5, 0.6) is 5.75 Å². The summed E-state index contributed by atoms with van der Waals surface area (Å²) in [6.07, 6.45) is 1.65. The molecule has 0 unspecified atom stereocenters. The van der Waals surface area contributed by atoms with Gasteiger partial charge < -0.3 is 10.5 Å². The van der Waals surface area contributed by atoms with Gasteiger partial charge in [-0.05, 0) is 25.0 Å². The third kappa shape index (κ3) is 2.15. The van der Waals surface area contributed by atoms with Crippen molar-refractivity contribution in [1.29, 1.82) is 0 Å². The topological polar surface area (TPSA) is 72.6 Å². The third-order valence-electron chi connectivity index (χ3n) is 2.95. The molecule has 1 aromatic rings. The Kier molecular flexibility index (Phi) is 3.45. The highest BCUT2D eigenvalue weighted by Gasteiger charge is 2.28. The Labute approximate surface area is 105 Å². The molecule has 0 spiro atoms. The molecule has 1 aromatic carbocycles. The minimum Gasteiger partial charge on any atom is -0.492 e. The molecule has 0 aliphatic carbocycles. The van der Waals surface area contributed by atoms with Crippen LogP contribution in [0.2, 0.25) is 0 Å². The van der Waals surface area contributed by atoms with E-state index in [0.29, 0.717) is 13.1 Å². The number of ether oxygens (including phenoxy) is 1. The van der Waals surface area contributed by atoms with Crippen molar-refractivity contribution >= 4 is 15.7 Å². The molecule has 1 aliphatic heterocycles. The van der Waals surface area contributed by atoms with Crippen molar-refractivity contribution in [2.45, 2.75) is 17.7 Å². The van der Waals surface area contributed by atoms with Crippen LogP contribution in [0, 0.1) is 5.82 Å². The fourth-order valence-corrected chi connectivity index (χ4v) is 3.60. The number of nitrogens with two attached hydrogens (primary N) is 1. The van der Waals surface area contributed by atoms with E-state index in [1.807, 2.05) is 0 Å². The van der Waals surface area contributed by atoms with E-state index in [9.17, 15) is 12.8 Å². The summed E-state index contributed by atoms with van der Waals surface area (Å²) < 4.78 is 44.1. The Morgan fingerprint density at radius 2 is 1.94 bits per heavy atom. The maximum absolute atomic E-state index is 13.6. The number of benzene rings is 1. The number of rotatable bonds is 3. The molecular formula is C11H15FN2O3S. The molecule has 18 heavy (non-hydrogen) atoms. The van der Waals surface area contributed by atoms with E-state index in [0.717, 1.165) is 18.9 Å². The van der Waals surface area contributed by atoms with Gasteiger partial charge in [0.05, 0.1) is 17.7 Å². The van der Waals surface area contributed by atoms with Crippen LogP contribution in [0.15, 0.2) is 17.0 Å². The van der Waals surface area contributed by atoms with Gasteiger partial charge in [-0.15, -0.1) is 0 Å². The van der Waals surface area contributed by atoms with Gasteiger partial charge in [0.25, 0.3) is 0 Å². The smallest absolute Gasteiger partial charge is 0.243 e. The Bertz CT molecular complexity index is 530. The maximum atomic E-state index is 13.6. The second-order valence-corrected chi connectivity index (χ2v) is 6.08. The van der Waals surface area contributed by atoms with Crippen molar-refractivity contribution < 1.29 is 17.5 Å². The summed E-state index contributed by atoms with van der Waals surface area (Å²) in [5, 5.41) is 0. The standard InChI is InChI=1S/C11H15FN2O3S/c1-17-11-9(12)6-8(7-10(11)13)18(15,16)14-4-2-3-5-14/h6-7H,2-5,13H2,1H3. The highest BCUT2D eigenvalue weighted by Crippen LogP contribution is 2.30. The van der Waals surface area contributed by atoms with Crippen molar-refractivity contribution in [3.8, 4) is 5.75 Å². The molecule has 1 saturated heterocycles. The summed E-state index contributed by atoms with van der Waals surface area (Å²) in [5.41, 5.74) is 5.56. The quantitative estimate of drug-likeness (QED) is 0.841. The van der Waals surface area contributed by atoms with Crippen LogP contribution < -0.4 is 10.5 Å². The molecule has 1 fully saturated rings. The molecule has 0 atom stereocenters. The monoisotopic (exact) mass is 274 g/mol. The van der Waals surface area contributed by atoms with E-state index in [4.69, 9.17) is 10.5 Å². The highest BCUT2D eigenvalue weighted by atomic mass is 32.2. The van der Waals surface area contributed by atoms with Gasteiger partial charge in [-0.25, -0.2) is 12.8 Å². The molecule has 1 heterocycles. The molecule has 2 N–H and O–H groups in total. The van der Waals surface area contributed by atoms with Gasteiger partial charge in [0.15, 0.2) is 11.6 Å². The van der Waals surface area contributed by atoms with Crippen molar-refractivity contribution in [3.05, 3.63) is 17.9 Å². The van der Waals surface area contributed by atoms with E-state index < -0.39 is 15.8 Å². The molecule has 0 radical (unpaired) electrons. The first kappa shape index (κ1) is 13.1. The van der Waals surface area contributed by atoms with E-state index in [2.05, 4.69) is 0 Å². The van der Waals surface area contributed by atoms with Crippen molar-refractivity contribution in [3.63, 3.8) is 0 Å². The predicted octanol–water partition coefficient (Wildman–Crippen LogP) is 1.20. The molecule has 1 aliphatic rings. The number of methoxy groups -OCH3 is 1. The van der Waals surface area contributed by atoms with E-state index in [1.165, 1.54) is 17.5 Å². The number of sulfonamides is 1. The first-order chi connectivity index (χ1) is 8.46. The van der Waals surface area contributed by atoms with Gasteiger partial charge in [-0.1, -0.05) is 0 Å². The minimum absolute atomic E-state index is 0.0183. The summed E-state index contributed by atoms with van der Waals surface area (Å²) in [6.45, 7) is 0.936. The summed E-state index contributed by atoms with van der Waals surface area (Å²) in [5.74, 6) is -0.898. The highest BCUT2D eigenvalue weighted by molar-refractivity contribution is 7.89. The van der Waals surface area contributed by atoms with Gasteiger partial charge >= 0.3 is 0 Å². The molecule has 7 heteroatoms. The van der Waals surface area contributed by atoms with E-state index >= 15 is 0 Å². The van der Waals surface area contributed by atoms with Crippen molar-refractivity contribution in [2.24, 2.45) is 0 Å². The van der Waals surface area contributed by atoms with Crippen LogP contribution in [-0.2, 0) is 10.0 Å². The van der Waals surface area contributed by atoms with Crippen LogP contribution in [0.3, 0.4) is 0 Å². The average molecular weight is 274 g/mol. The largest absolute Gasteiger partial charge is 0.492 e. The van der Waals surface area contributed by atoms with Crippen LogP contribution in [0.4, 0.5) is 10.1 Å². The molecule has 5 nitrogen and oxygen atoms in total. The Morgan fingerprint density at radius 3 is 2.44 bits per heavy atom. The van der Waals surface area contributed by atoms with Gasteiger partial charge in [-0.2, -0.15) is 4.31 Å². The van der Waals surface area contributed by atoms with Gasteiger partial charge in [0.2, 0.25) is 10.0 Å². The molecule has 0 saturated carbocycles. The van der Waals surface area contributed by atoms with Gasteiger partial charge in [-0.3, -0.25) is 0 Å². The summed E-state index contributed by atoms with van der Waals surface area (Å²) in [4.78, 5) is -0.125. The lowest BCUT2D eigenvalue weighted by molar-refractivity contribution is 0.387. The lowest BCUT2D eigenvalue weighted by Gasteiger charge is -2.16. The molecular weight excluding hydrogens is 259 g/mol. The molecule has 0 aromatic heterocycles. The fraction of sp³-hybridized carbons (Fsp3) is 0.455. The Morgan fingerprint density at radius 1 is 1.33 bits per heavy atom. The summed E-state index contributed by atoms with van der Waals surface area (Å²) in [6, 6.07) is 2.18. The summed E-state index contributed by atoms with van der Waals surface area (Å²) in [7, 11) is -2.37. The normalized spacial score (nSPS) is 17.0. The lowest BCUT2D eigenvalue weighted by Crippen LogP contribution is -2.28. The molecule has 100 valence electrons. The fourth-order valence-electron chi connectivity index (χ4n) is 2.03. The zero-order chi connectivity index (χ0) is 13.3. The average Bonchev–Trinajstić information content (AvgIpc) is 2.82. The number of hydrogen-bond donors (Lipinski definition) is 1. The lowest BCUT2D eigenvalue weighted by atomic mass is 10.3. The number of anilines is 1. The van der Waals surface area contributed by atoms with Crippen LogP contribution in [0.25, 0.3) is 0 Å². The second kappa shape index (κ2) is 4.74. The van der Waals surface area contributed by atoms with Crippen LogP contribution in [0.1, 0.15) is 12.8 Å². The number of nitrogen functional groups attached to an aromatic ring is 1. The number of halogens is 1. The minimum atomic E-state index is -3.65. The van der Waals surface area contributed by atoms with Gasteiger partial charge in [0, 0.05) is 13.1 Å². The zero-order valence-electron chi connectivity index (χ0n) is 10.0. The summed E-state index contributed by atoms with van der Waals surface area (Å²) >= 11 is 0. The predicted molar refractivity (Wildman–Crippen MR) is 65.4 cm³/mol. The van der Waals surface area contributed by atoms with E-state index in [1.54, 1.807) is 0 Å². The number of nitrogens with zero attached hydrogens (tertiary/aromatic N) is 1. The first-order valence-electron chi connectivity index (χ1n) is 5.60. The molecule has 2 rings (SSSR count). The zero-order valence-corrected chi connectivity index (χ0v) is 10.8. The second-order valence-electron chi connectivity index (χ2n) is 4.14. The van der Waals surface area contributed by atoms with Crippen molar-refractivity contribution in [1.82, 2.24) is 4.31 Å². The Balaban J connectivity index is 2.45. The van der Waals surface area contributed by atoms with Gasteiger partial charge in [0.1, 0.15) is 0 Å². The number of hydrogen-bond acceptors (Lipinski definition) is 4. The maximum Gasteiger partial charge on any atom is 0.243 e. The third-order valence-corrected chi connectivity index (χ3v) is 4.83. The van der Waals surface area contributed by atoms with Crippen LogP contribution in [-0.4, -0.2) is 32.9 Å². The molecule has 0 bridgehead atoms. The van der Waals surface area contributed by atoms with E-state index in [-0.39, 0.29) is 16.3 Å². The first-order valence-corrected chi connectivity index (χ1v) is 7.04. The van der Waals surface area contributed by atoms with Crippen molar-refractivity contribution in [2.75, 3.05) is 25.9 Å². The molecule has 0 amide bonds. The van der Waals surface area contributed by atoms with Crippen LogP contribution >= 0.6 is 0 Å².